The van der Waals surface area contributed by atoms with Crippen molar-refractivity contribution >= 4 is 29.7 Å². The van der Waals surface area contributed by atoms with Crippen molar-refractivity contribution in [1.29, 1.82) is 0 Å². The Balaban J connectivity index is 2.98. The molecule has 1 rings (SSSR count). The van der Waals surface area contributed by atoms with E-state index in [1.807, 2.05) is 0 Å². The smallest absolute Gasteiger partial charge is 0.326 e. The maximum absolute atomic E-state index is 13.0. The Kier molecular flexibility index (Phi) is 10.9. The van der Waals surface area contributed by atoms with Crippen molar-refractivity contribution in [1.82, 2.24) is 15.5 Å². The van der Waals surface area contributed by atoms with Crippen LogP contribution in [0.1, 0.15) is 51.9 Å². The standard InChI is InChI=1S/C19H33N5O7/c1-11(21)16(27)22-12(5-2-3-9-20)17(28)23-13(7-8-15(25)26)18(29)24-10-4-6-14(24)19(30)31/h11-14H,2-10,20-21H2,1H3,(H,22,27)(H,23,28)(H,25,26)(H,30,31). The number of nitrogens with one attached hydrogen (secondary N) is 2. The number of hydrogen-bond donors (Lipinski definition) is 6. The van der Waals surface area contributed by atoms with E-state index in [-0.39, 0.29) is 25.8 Å². The monoisotopic (exact) mass is 443 g/mol. The average Bonchev–Trinajstić information content (AvgIpc) is 3.19. The van der Waals surface area contributed by atoms with Gasteiger partial charge in [-0.25, -0.2) is 4.79 Å². The van der Waals surface area contributed by atoms with Gasteiger partial charge in [0, 0.05) is 13.0 Å². The van der Waals surface area contributed by atoms with Gasteiger partial charge >= 0.3 is 11.9 Å². The first kappa shape index (κ1) is 26.3. The van der Waals surface area contributed by atoms with Crippen molar-refractivity contribution in [3.63, 3.8) is 0 Å². The lowest BCUT2D eigenvalue weighted by molar-refractivity contribution is -0.150. The van der Waals surface area contributed by atoms with E-state index in [4.69, 9.17) is 16.6 Å². The summed E-state index contributed by atoms with van der Waals surface area (Å²) in [6.07, 6.45) is 1.58. The number of carbonyl (C=O) groups excluding carboxylic acids is 3. The number of nitrogens with two attached hydrogens (primary N) is 2. The lowest BCUT2D eigenvalue weighted by Gasteiger charge is -2.28. The molecule has 31 heavy (non-hydrogen) atoms. The van der Waals surface area contributed by atoms with E-state index in [1.165, 1.54) is 6.92 Å². The van der Waals surface area contributed by atoms with E-state index in [0.717, 1.165) is 4.90 Å². The number of likely N-dealkylation sites (tertiary alicyclic amines) is 1. The molecule has 3 amide bonds. The minimum Gasteiger partial charge on any atom is -0.481 e. The summed E-state index contributed by atoms with van der Waals surface area (Å²) in [6, 6.07) is -4.09. The van der Waals surface area contributed by atoms with Crippen LogP contribution in [-0.4, -0.2) is 82.0 Å². The molecule has 0 spiro atoms. The maximum Gasteiger partial charge on any atom is 0.326 e. The highest BCUT2D eigenvalue weighted by Crippen LogP contribution is 2.20. The van der Waals surface area contributed by atoms with Gasteiger partial charge < -0.3 is 37.2 Å². The highest BCUT2D eigenvalue weighted by atomic mass is 16.4. The normalized spacial score (nSPS) is 18.7. The zero-order chi connectivity index (χ0) is 23.6. The van der Waals surface area contributed by atoms with Crippen LogP contribution >= 0.6 is 0 Å². The van der Waals surface area contributed by atoms with E-state index in [0.29, 0.717) is 25.8 Å². The quantitative estimate of drug-likeness (QED) is 0.180. The molecule has 4 unspecified atom stereocenters. The summed E-state index contributed by atoms with van der Waals surface area (Å²) in [5.74, 6) is -4.18. The molecule has 1 heterocycles. The molecule has 1 fully saturated rings. The number of aliphatic carboxylic acids is 2. The molecule has 1 aliphatic rings. The average molecular weight is 444 g/mol. The molecule has 176 valence electrons. The van der Waals surface area contributed by atoms with Crippen LogP contribution in [0.2, 0.25) is 0 Å². The number of hydrogen-bond acceptors (Lipinski definition) is 7. The molecule has 0 saturated carbocycles. The number of carboxylic acid groups (broad SMARTS) is 2. The summed E-state index contributed by atoms with van der Waals surface area (Å²) >= 11 is 0. The fourth-order valence-corrected chi connectivity index (χ4v) is 3.35. The number of nitrogens with zero attached hydrogens (tertiary/aromatic N) is 1. The first-order chi connectivity index (χ1) is 14.6. The number of carboxylic acids is 2. The van der Waals surface area contributed by atoms with Crippen molar-refractivity contribution in [3.8, 4) is 0 Å². The molecule has 4 atom stereocenters. The van der Waals surface area contributed by atoms with Gasteiger partial charge in [-0.05, 0) is 52.0 Å². The topological polar surface area (TPSA) is 205 Å². The van der Waals surface area contributed by atoms with Crippen LogP contribution in [0.3, 0.4) is 0 Å². The molecule has 0 aromatic carbocycles. The van der Waals surface area contributed by atoms with Crippen LogP contribution in [0, 0.1) is 0 Å². The van der Waals surface area contributed by atoms with Crippen LogP contribution in [0.25, 0.3) is 0 Å². The Labute approximate surface area is 180 Å². The Bertz CT molecular complexity index is 670. The summed E-state index contributed by atoms with van der Waals surface area (Å²) in [5, 5.41) is 23.4. The zero-order valence-corrected chi connectivity index (χ0v) is 17.7. The second-order valence-electron chi connectivity index (χ2n) is 7.66. The Morgan fingerprint density at radius 1 is 1.03 bits per heavy atom. The van der Waals surface area contributed by atoms with Gasteiger partial charge in [0.05, 0.1) is 6.04 Å². The molecular formula is C19H33N5O7. The lowest BCUT2D eigenvalue weighted by Crippen LogP contribution is -2.57. The molecule has 0 aromatic rings. The van der Waals surface area contributed by atoms with Crippen LogP contribution < -0.4 is 22.1 Å². The second-order valence-corrected chi connectivity index (χ2v) is 7.66. The van der Waals surface area contributed by atoms with Crippen LogP contribution in [0.15, 0.2) is 0 Å². The molecule has 0 bridgehead atoms. The number of rotatable bonds is 13. The fourth-order valence-electron chi connectivity index (χ4n) is 3.35. The van der Waals surface area contributed by atoms with Gasteiger partial charge in [0.1, 0.15) is 18.1 Å². The molecule has 1 aliphatic heterocycles. The first-order valence-corrected chi connectivity index (χ1v) is 10.4. The summed E-state index contributed by atoms with van der Waals surface area (Å²) in [6.45, 7) is 2.07. The number of amides is 3. The van der Waals surface area contributed by atoms with Crippen LogP contribution in [0.4, 0.5) is 0 Å². The zero-order valence-electron chi connectivity index (χ0n) is 17.7. The molecule has 0 radical (unpaired) electrons. The summed E-state index contributed by atoms with van der Waals surface area (Å²) in [4.78, 5) is 61.4. The SMILES string of the molecule is CC(N)C(=O)NC(CCCCN)C(=O)NC(CCC(=O)O)C(=O)N1CCCC1C(=O)O. The van der Waals surface area contributed by atoms with E-state index in [1.54, 1.807) is 0 Å². The minimum atomic E-state index is -1.23. The highest BCUT2D eigenvalue weighted by molar-refractivity contribution is 5.94. The minimum absolute atomic E-state index is 0.205. The Morgan fingerprint density at radius 3 is 2.23 bits per heavy atom. The van der Waals surface area contributed by atoms with Crippen molar-refractivity contribution in [2.45, 2.75) is 76.0 Å². The molecule has 12 heteroatoms. The van der Waals surface area contributed by atoms with Crippen molar-refractivity contribution in [2.24, 2.45) is 11.5 Å². The molecule has 0 aromatic heterocycles. The van der Waals surface area contributed by atoms with Gasteiger partial charge in [-0.1, -0.05) is 0 Å². The largest absolute Gasteiger partial charge is 0.481 e. The van der Waals surface area contributed by atoms with E-state index in [2.05, 4.69) is 10.6 Å². The maximum atomic E-state index is 13.0. The van der Waals surface area contributed by atoms with Gasteiger partial charge in [0.25, 0.3) is 0 Å². The molecule has 8 N–H and O–H groups in total. The third-order valence-corrected chi connectivity index (χ3v) is 5.08. The van der Waals surface area contributed by atoms with Gasteiger partial charge in [-0.3, -0.25) is 19.2 Å². The Hall–Kier alpha value is -2.73. The van der Waals surface area contributed by atoms with Crippen LogP contribution in [-0.2, 0) is 24.0 Å². The van der Waals surface area contributed by atoms with Gasteiger partial charge in [-0.2, -0.15) is 0 Å². The van der Waals surface area contributed by atoms with E-state index in [9.17, 15) is 29.1 Å². The summed E-state index contributed by atoms with van der Waals surface area (Å²) in [7, 11) is 0. The first-order valence-electron chi connectivity index (χ1n) is 10.4. The lowest BCUT2D eigenvalue weighted by atomic mass is 10.1. The number of carbonyl (C=O) groups is 5. The molecular weight excluding hydrogens is 410 g/mol. The fraction of sp³-hybridized carbons (Fsp3) is 0.737. The van der Waals surface area contributed by atoms with Gasteiger partial charge in [0.2, 0.25) is 17.7 Å². The second kappa shape index (κ2) is 12.8. The van der Waals surface area contributed by atoms with Crippen molar-refractivity contribution in [3.05, 3.63) is 0 Å². The Morgan fingerprint density at radius 2 is 1.68 bits per heavy atom. The summed E-state index contributed by atoms with van der Waals surface area (Å²) in [5.41, 5.74) is 11.0. The van der Waals surface area contributed by atoms with Crippen molar-refractivity contribution in [2.75, 3.05) is 13.1 Å². The summed E-state index contributed by atoms with van der Waals surface area (Å²) < 4.78 is 0. The third kappa shape index (κ3) is 8.50. The van der Waals surface area contributed by atoms with Gasteiger partial charge in [0.15, 0.2) is 0 Å². The predicted molar refractivity (Wildman–Crippen MR) is 110 cm³/mol. The van der Waals surface area contributed by atoms with Crippen LogP contribution in [0.5, 0.6) is 0 Å². The molecule has 1 saturated heterocycles. The molecule has 0 aliphatic carbocycles. The highest BCUT2D eigenvalue weighted by Gasteiger charge is 2.38. The van der Waals surface area contributed by atoms with Crippen molar-refractivity contribution < 1.29 is 34.2 Å². The predicted octanol–water partition coefficient (Wildman–Crippen LogP) is -1.63. The molecule has 12 nitrogen and oxygen atoms in total. The third-order valence-electron chi connectivity index (χ3n) is 5.08. The van der Waals surface area contributed by atoms with E-state index >= 15 is 0 Å². The van der Waals surface area contributed by atoms with E-state index < -0.39 is 60.2 Å². The number of unbranched alkanes of at least 4 members (excludes halogenated alkanes) is 1. The van der Waals surface area contributed by atoms with Gasteiger partial charge in [-0.15, -0.1) is 0 Å².